The van der Waals surface area contributed by atoms with Crippen molar-refractivity contribution < 1.29 is 9.90 Å². The van der Waals surface area contributed by atoms with Crippen molar-refractivity contribution in [2.24, 2.45) is 0 Å². The lowest BCUT2D eigenvalue weighted by Crippen LogP contribution is -2.40. The van der Waals surface area contributed by atoms with Crippen LogP contribution in [0.4, 0.5) is 0 Å². The van der Waals surface area contributed by atoms with Crippen molar-refractivity contribution in [3.8, 4) is 0 Å². The van der Waals surface area contributed by atoms with Gasteiger partial charge >= 0.3 is 0 Å². The molecule has 1 aromatic heterocycles. The van der Waals surface area contributed by atoms with Crippen molar-refractivity contribution in [2.45, 2.75) is 37.8 Å². The van der Waals surface area contributed by atoms with Gasteiger partial charge in [-0.05, 0) is 37.8 Å². The molecule has 2 aromatic rings. The number of hydrogen-bond acceptors (Lipinski definition) is 3. The Labute approximate surface area is 128 Å². The number of nitrogens with one attached hydrogen (secondary N) is 1. The van der Waals surface area contributed by atoms with Gasteiger partial charge in [-0.2, -0.15) is 0 Å². The van der Waals surface area contributed by atoms with Gasteiger partial charge in [-0.15, -0.1) is 0 Å². The lowest BCUT2D eigenvalue weighted by molar-refractivity contribution is 0.0846. The SMILES string of the molecule is O=C(NC1CCCC(O)C1)c1cc(Cl)c2ccccc2n1. The highest BCUT2D eigenvalue weighted by molar-refractivity contribution is 6.35. The van der Waals surface area contributed by atoms with Crippen LogP contribution in [0.25, 0.3) is 10.9 Å². The van der Waals surface area contributed by atoms with Crippen LogP contribution in [0.2, 0.25) is 5.02 Å². The van der Waals surface area contributed by atoms with Crippen molar-refractivity contribution in [1.29, 1.82) is 0 Å². The van der Waals surface area contributed by atoms with Crippen LogP contribution in [0, 0.1) is 0 Å². The van der Waals surface area contributed by atoms with Crippen molar-refractivity contribution in [3.63, 3.8) is 0 Å². The van der Waals surface area contributed by atoms with Gasteiger partial charge in [0.2, 0.25) is 0 Å². The van der Waals surface area contributed by atoms with Crippen LogP contribution in [0.5, 0.6) is 0 Å². The monoisotopic (exact) mass is 304 g/mol. The van der Waals surface area contributed by atoms with Gasteiger partial charge in [0.05, 0.1) is 16.6 Å². The number of hydrogen-bond donors (Lipinski definition) is 2. The molecule has 5 heteroatoms. The predicted molar refractivity (Wildman–Crippen MR) is 82.5 cm³/mol. The normalized spacial score (nSPS) is 22.2. The van der Waals surface area contributed by atoms with E-state index in [9.17, 15) is 9.90 Å². The molecule has 1 amide bonds. The van der Waals surface area contributed by atoms with E-state index in [0.29, 0.717) is 22.7 Å². The first-order chi connectivity index (χ1) is 10.1. The molecule has 2 N–H and O–H groups in total. The minimum Gasteiger partial charge on any atom is -0.393 e. The van der Waals surface area contributed by atoms with Gasteiger partial charge in [0, 0.05) is 11.4 Å². The molecular weight excluding hydrogens is 288 g/mol. The van der Waals surface area contributed by atoms with Crippen molar-refractivity contribution in [2.75, 3.05) is 0 Å². The number of para-hydroxylation sites is 1. The smallest absolute Gasteiger partial charge is 0.270 e. The molecule has 110 valence electrons. The van der Waals surface area contributed by atoms with Gasteiger partial charge in [0.15, 0.2) is 0 Å². The van der Waals surface area contributed by atoms with Crippen molar-refractivity contribution in [1.82, 2.24) is 10.3 Å². The first-order valence-electron chi connectivity index (χ1n) is 7.17. The molecule has 0 spiro atoms. The zero-order chi connectivity index (χ0) is 14.8. The third kappa shape index (κ3) is 3.17. The van der Waals surface area contributed by atoms with Crippen molar-refractivity contribution in [3.05, 3.63) is 41.0 Å². The number of fused-ring (bicyclic) bond motifs is 1. The fraction of sp³-hybridized carbons (Fsp3) is 0.375. The third-order valence-electron chi connectivity index (χ3n) is 3.88. The van der Waals surface area contributed by atoms with Gasteiger partial charge in [-0.3, -0.25) is 4.79 Å². The summed E-state index contributed by atoms with van der Waals surface area (Å²) < 4.78 is 0. The number of nitrogens with zero attached hydrogens (tertiary/aromatic N) is 1. The average Bonchev–Trinajstić information content (AvgIpc) is 2.47. The molecule has 2 unspecified atom stereocenters. The zero-order valence-electron chi connectivity index (χ0n) is 11.6. The summed E-state index contributed by atoms with van der Waals surface area (Å²) in [4.78, 5) is 16.7. The van der Waals surface area contributed by atoms with E-state index in [4.69, 9.17) is 11.6 Å². The van der Waals surface area contributed by atoms with Gasteiger partial charge < -0.3 is 10.4 Å². The molecule has 0 radical (unpaired) electrons. The molecule has 0 bridgehead atoms. The molecule has 0 saturated heterocycles. The van der Waals surface area contributed by atoms with Crippen LogP contribution in [-0.4, -0.2) is 28.1 Å². The quantitative estimate of drug-likeness (QED) is 0.896. The molecule has 1 aromatic carbocycles. The van der Waals surface area contributed by atoms with E-state index in [-0.39, 0.29) is 18.1 Å². The summed E-state index contributed by atoms with van der Waals surface area (Å²) in [6.07, 6.45) is 2.92. The maximum Gasteiger partial charge on any atom is 0.270 e. The number of carbonyl (C=O) groups is 1. The lowest BCUT2D eigenvalue weighted by Gasteiger charge is -2.26. The Morgan fingerprint density at radius 2 is 2.14 bits per heavy atom. The summed E-state index contributed by atoms with van der Waals surface area (Å²) in [5, 5.41) is 14.0. The van der Waals surface area contributed by atoms with Gasteiger partial charge in [-0.1, -0.05) is 29.8 Å². The van der Waals surface area contributed by atoms with E-state index in [1.165, 1.54) is 0 Å². The lowest BCUT2D eigenvalue weighted by atomic mass is 9.93. The number of benzene rings is 1. The molecule has 21 heavy (non-hydrogen) atoms. The summed E-state index contributed by atoms with van der Waals surface area (Å²) in [5.74, 6) is -0.234. The topological polar surface area (TPSA) is 62.2 Å². The molecule has 1 saturated carbocycles. The van der Waals surface area contributed by atoms with Crippen molar-refractivity contribution >= 4 is 28.4 Å². The maximum atomic E-state index is 12.3. The summed E-state index contributed by atoms with van der Waals surface area (Å²) in [5.41, 5.74) is 1.03. The second kappa shape index (κ2) is 6.00. The standard InChI is InChI=1S/C16H17ClN2O2/c17-13-9-15(19-14-7-2-1-6-12(13)14)16(21)18-10-4-3-5-11(20)8-10/h1-2,6-7,9-11,20H,3-5,8H2,(H,18,21). The molecule has 4 nitrogen and oxygen atoms in total. The van der Waals surface area contributed by atoms with Gasteiger partial charge in [0.1, 0.15) is 5.69 Å². The Bertz CT molecular complexity index is 674. The largest absolute Gasteiger partial charge is 0.393 e. The number of aliphatic hydroxyl groups is 1. The van der Waals surface area contributed by atoms with Gasteiger partial charge in [-0.25, -0.2) is 4.98 Å². The molecule has 2 atom stereocenters. The zero-order valence-corrected chi connectivity index (χ0v) is 12.3. The predicted octanol–water partition coefficient (Wildman–Crippen LogP) is 2.92. The second-order valence-corrected chi connectivity index (χ2v) is 5.90. The number of aromatic nitrogens is 1. The fourth-order valence-corrected chi connectivity index (χ4v) is 3.07. The van der Waals surface area contributed by atoms with Crippen LogP contribution in [0.15, 0.2) is 30.3 Å². The first kappa shape index (κ1) is 14.3. The van der Waals surface area contributed by atoms with E-state index in [1.54, 1.807) is 6.07 Å². The summed E-state index contributed by atoms with van der Waals surface area (Å²) in [7, 11) is 0. The van der Waals surface area contributed by atoms with E-state index in [1.807, 2.05) is 24.3 Å². The Kier molecular flexibility index (Phi) is 4.08. The van der Waals surface area contributed by atoms with E-state index >= 15 is 0 Å². The number of carbonyl (C=O) groups excluding carboxylic acids is 1. The highest BCUT2D eigenvalue weighted by atomic mass is 35.5. The Morgan fingerprint density at radius 1 is 1.33 bits per heavy atom. The molecule has 1 fully saturated rings. The molecule has 3 rings (SSSR count). The molecule has 1 aliphatic rings. The third-order valence-corrected chi connectivity index (χ3v) is 4.19. The van der Waals surface area contributed by atoms with E-state index in [0.717, 1.165) is 24.6 Å². The molecule has 1 aliphatic carbocycles. The molecule has 0 aliphatic heterocycles. The molecule has 1 heterocycles. The number of amides is 1. The summed E-state index contributed by atoms with van der Waals surface area (Å²) in [6.45, 7) is 0. The second-order valence-electron chi connectivity index (χ2n) is 5.50. The Morgan fingerprint density at radius 3 is 2.95 bits per heavy atom. The first-order valence-corrected chi connectivity index (χ1v) is 7.55. The van der Waals surface area contributed by atoms with Crippen LogP contribution in [0.1, 0.15) is 36.2 Å². The minimum absolute atomic E-state index is 0.00768. The highest BCUT2D eigenvalue weighted by Gasteiger charge is 2.22. The van der Waals surface area contributed by atoms with Crippen LogP contribution in [0.3, 0.4) is 0 Å². The van der Waals surface area contributed by atoms with E-state index < -0.39 is 0 Å². The maximum absolute atomic E-state index is 12.3. The Hall–Kier alpha value is -1.65. The number of rotatable bonds is 2. The molecular formula is C16H17ClN2O2. The minimum atomic E-state index is -0.322. The number of pyridine rings is 1. The highest BCUT2D eigenvalue weighted by Crippen LogP contribution is 2.23. The number of aliphatic hydroxyl groups excluding tert-OH is 1. The Balaban J connectivity index is 1.81. The van der Waals surface area contributed by atoms with Gasteiger partial charge in [0.25, 0.3) is 5.91 Å². The van der Waals surface area contributed by atoms with E-state index in [2.05, 4.69) is 10.3 Å². The van der Waals surface area contributed by atoms with Crippen LogP contribution in [-0.2, 0) is 0 Å². The number of halogens is 1. The van der Waals surface area contributed by atoms with Crippen LogP contribution >= 0.6 is 11.6 Å². The summed E-state index contributed by atoms with van der Waals surface area (Å²) >= 11 is 6.21. The summed E-state index contributed by atoms with van der Waals surface area (Å²) in [6, 6.07) is 9.07. The fourth-order valence-electron chi connectivity index (χ4n) is 2.80. The van der Waals surface area contributed by atoms with Crippen LogP contribution < -0.4 is 5.32 Å². The average molecular weight is 305 g/mol.